The summed E-state index contributed by atoms with van der Waals surface area (Å²) in [7, 11) is 0. The van der Waals surface area contributed by atoms with E-state index in [4.69, 9.17) is 21.1 Å². The number of rotatable bonds is 10. The van der Waals surface area contributed by atoms with Gasteiger partial charge in [0.1, 0.15) is 11.6 Å². The number of hydrogen-bond donors (Lipinski definition) is 2. The van der Waals surface area contributed by atoms with E-state index in [9.17, 15) is 23.2 Å². The zero-order valence-corrected chi connectivity index (χ0v) is 18.8. The summed E-state index contributed by atoms with van der Waals surface area (Å²) in [6.07, 6.45) is -2.89. The van der Waals surface area contributed by atoms with Crippen LogP contribution in [0.4, 0.5) is 18.9 Å². The molecular formula is C23H23ClF3N3O3. The number of anilines is 1. The van der Waals surface area contributed by atoms with Crippen LogP contribution in [0, 0.1) is 11.3 Å². The molecule has 2 rings (SSSR count). The molecule has 0 unspecified atom stereocenters. The van der Waals surface area contributed by atoms with Crippen LogP contribution >= 0.6 is 11.6 Å². The summed E-state index contributed by atoms with van der Waals surface area (Å²) in [5.74, 6) is 0.432. The number of benzene rings is 2. The fraction of sp³-hybridized carbons (Fsp3) is 0.304. The van der Waals surface area contributed by atoms with Crippen LogP contribution < -0.4 is 20.1 Å². The monoisotopic (exact) mass is 481 g/mol. The first kappa shape index (κ1) is 25.9. The van der Waals surface area contributed by atoms with Crippen molar-refractivity contribution in [3.05, 3.63) is 64.3 Å². The molecule has 0 aliphatic heterocycles. The van der Waals surface area contributed by atoms with Gasteiger partial charge in [0.2, 0.25) is 0 Å². The van der Waals surface area contributed by atoms with Gasteiger partial charge in [0.05, 0.1) is 23.8 Å². The number of nitrogens with one attached hydrogen (secondary N) is 2. The Morgan fingerprint density at radius 3 is 2.45 bits per heavy atom. The highest BCUT2D eigenvalue weighted by Gasteiger charge is 2.33. The van der Waals surface area contributed by atoms with Crippen molar-refractivity contribution >= 4 is 23.2 Å². The number of nitrogens with zero attached hydrogens (tertiary/aromatic N) is 1. The van der Waals surface area contributed by atoms with Crippen LogP contribution in [0.5, 0.6) is 11.5 Å². The predicted octanol–water partition coefficient (Wildman–Crippen LogP) is 5.33. The molecule has 2 aromatic carbocycles. The van der Waals surface area contributed by atoms with Gasteiger partial charge in [-0.1, -0.05) is 17.7 Å². The van der Waals surface area contributed by atoms with E-state index in [-0.39, 0.29) is 11.3 Å². The van der Waals surface area contributed by atoms with Gasteiger partial charge in [-0.2, -0.15) is 18.4 Å². The van der Waals surface area contributed by atoms with Crippen molar-refractivity contribution in [3.8, 4) is 17.6 Å². The number of ether oxygens (including phenoxy) is 2. The van der Waals surface area contributed by atoms with Gasteiger partial charge in [0, 0.05) is 18.4 Å². The average Bonchev–Trinajstić information content (AvgIpc) is 2.76. The lowest BCUT2D eigenvalue weighted by atomic mass is 10.1. The quantitative estimate of drug-likeness (QED) is 0.272. The molecule has 0 fully saturated rings. The molecule has 0 spiro atoms. The molecule has 33 heavy (non-hydrogen) atoms. The molecule has 2 aromatic rings. The number of alkyl halides is 3. The van der Waals surface area contributed by atoms with E-state index in [1.165, 1.54) is 12.3 Å². The fourth-order valence-corrected chi connectivity index (χ4v) is 3.03. The summed E-state index contributed by atoms with van der Waals surface area (Å²) in [4.78, 5) is 12.3. The lowest BCUT2D eigenvalue weighted by Crippen LogP contribution is -2.18. The Morgan fingerprint density at radius 1 is 1.12 bits per heavy atom. The van der Waals surface area contributed by atoms with Gasteiger partial charge in [-0.3, -0.25) is 4.79 Å². The molecule has 0 heterocycles. The van der Waals surface area contributed by atoms with E-state index in [2.05, 4.69) is 10.6 Å². The number of hydrogen-bond acceptors (Lipinski definition) is 5. The van der Waals surface area contributed by atoms with Gasteiger partial charge >= 0.3 is 6.18 Å². The molecular weight excluding hydrogens is 459 g/mol. The Kier molecular flexibility index (Phi) is 9.43. The minimum Gasteiger partial charge on any atom is -0.490 e. The van der Waals surface area contributed by atoms with Crippen molar-refractivity contribution in [2.45, 2.75) is 26.4 Å². The maximum absolute atomic E-state index is 13.0. The van der Waals surface area contributed by atoms with Crippen molar-refractivity contribution in [3.63, 3.8) is 0 Å². The van der Waals surface area contributed by atoms with Gasteiger partial charge in [-0.25, -0.2) is 0 Å². The highest BCUT2D eigenvalue weighted by Crippen LogP contribution is 2.36. The lowest BCUT2D eigenvalue weighted by molar-refractivity contribution is -0.137. The summed E-state index contributed by atoms with van der Waals surface area (Å²) in [5.41, 5.74) is -0.549. The second-order valence-corrected chi connectivity index (χ2v) is 7.07. The third-order valence-electron chi connectivity index (χ3n) is 4.31. The average molecular weight is 482 g/mol. The molecule has 0 radical (unpaired) electrons. The number of carbonyl (C=O) groups is 1. The number of nitriles is 1. The number of carbonyl (C=O) groups excluding carboxylic acids is 1. The molecule has 2 N–H and O–H groups in total. The normalized spacial score (nSPS) is 11.5. The highest BCUT2D eigenvalue weighted by molar-refractivity contribution is 6.31. The minimum atomic E-state index is -4.67. The third kappa shape index (κ3) is 7.61. The molecule has 0 aliphatic rings. The van der Waals surface area contributed by atoms with Gasteiger partial charge in [-0.05, 0) is 56.2 Å². The standard InChI is InChI=1S/C23H23ClF3N3O3/c1-3-32-20-8-5-15(11-21(20)33-4-2)9-10-29-14-16(13-28)22(31)30-17-6-7-19(24)18(12-17)23(25,26)27/h5-8,11-12,14,29H,3-4,9-10H2,1-2H3,(H,30,31)/b16-14-. The van der Waals surface area contributed by atoms with Crippen molar-refractivity contribution in [2.75, 3.05) is 25.1 Å². The van der Waals surface area contributed by atoms with Crippen molar-refractivity contribution < 1.29 is 27.4 Å². The summed E-state index contributed by atoms with van der Waals surface area (Å²) in [6.45, 7) is 5.15. The maximum Gasteiger partial charge on any atom is 0.417 e. The molecule has 0 bridgehead atoms. The van der Waals surface area contributed by atoms with E-state index < -0.39 is 22.7 Å². The molecule has 10 heteroatoms. The molecule has 176 valence electrons. The molecule has 0 saturated heterocycles. The van der Waals surface area contributed by atoms with E-state index in [1.807, 2.05) is 32.0 Å². The van der Waals surface area contributed by atoms with Crippen molar-refractivity contribution in [1.82, 2.24) is 5.32 Å². The second kappa shape index (κ2) is 12.0. The maximum atomic E-state index is 13.0. The zero-order valence-electron chi connectivity index (χ0n) is 18.1. The van der Waals surface area contributed by atoms with Gasteiger partial charge in [0.25, 0.3) is 5.91 Å². The minimum absolute atomic E-state index is 0.129. The number of halogens is 4. The van der Waals surface area contributed by atoms with E-state index in [1.54, 1.807) is 6.07 Å². The second-order valence-electron chi connectivity index (χ2n) is 6.67. The Balaban J connectivity index is 2.00. The van der Waals surface area contributed by atoms with Crippen LogP contribution in [0.25, 0.3) is 0 Å². The third-order valence-corrected chi connectivity index (χ3v) is 4.64. The molecule has 0 atom stereocenters. The lowest BCUT2D eigenvalue weighted by Gasteiger charge is -2.12. The molecule has 1 amide bonds. The van der Waals surface area contributed by atoms with Crippen LogP contribution in [0.3, 0.4) is 0 Å². The topological polar surface area (TPSA) is 83.4 Å². The summed E-state index contributed by atoms with van der Waals surface area (Å²) in [6, 6.07) is 10.2. The van der Waals surface area contributed by atoms with E-state index in [0.29, 0.717) is 43.7 Å². The Labute approximate surface area is 194 Å². The molecule has 0 aromatic heterocycles. The zero-order chi connectivity index (χ0) is 24.4. The predicted molar refractivity (Wildman–Crippen MR) is 119 cm³/mol. The van der Waals surface area contributed by atoms with Gasteiger partial charge < -0.3 is 20.1 Å². The summed E-state index contributed by atoms with van der Waals surface area (Å²) in [5, 5.41) is 13.9. The van der Waals surface area contributed by atoms with Crippen LogP contribution in [0.2, 0.25) is 5.02 Å². The molecule has 6 nitrogen and oxygen atoms in total. The van der Waals surface area contributed by atoms with Gasteiger partial charge in [0.15, 0.2) is 11.5 Å². The van der Waals surface area contributed by atoms with Crippen LogP contribution in [-0.2, 0) is 17.4 Å². The largest absolute Gasteiger partial charge is 0.490 e. The first-order valence-electron chi connectivity index (χ1n) is 10.1. The van der Waals surface area contributed by atoms with Gasteiger partial charge in [-0.15, -0.1) is 0 Å². The van der Waals surface area contributed by atoms with Crippen molar-refractivity contribution in [1.29, 1.82) is 5.26 Å². The van der Waals surface area contributed by atoms with Crippen molar-refractivity contribution in [2.24, 2.45) is 0 Å². The Hall–Kier alpha value is -3.38. The molecule has 0 saturated carbocycles. The SMILES string of the molecule is CCOc1ccc(CCN/C=C(/C#N)C(=O)Nc2ccc(Cl)c(C(F)(F)F)c2)cc1OCC. The van der Waals surface area contributed by atoms with Crippen LogP contribution in [0.1, 0.15) is 25.0 Å². The first-order valence-corrected chi connectivity index (χ1v) is 10.5. The number of amides is 1. The van der Waals surface area contributed by atoms with Crippen LogP contribution in [0.15, 0.2) is 48.2 Å². The van der Waals surface area contributed by atoms with Crippen LogP contribution in [-0.4, -0.2) is 25.7 Å². The Bertz CT molecular complexity index is 1050. The Morgan fingerprint density at radius 2 is 1.82 bits per heavy atom. The molecule has 0 aliphatic carbocycles. The first-order chi connectivity index (χ1) is 15.7. The summed E-state index contributed by atoms with van der Waals surface area (Å²) >= 11 is 5.57. The smallest absolute Gasteiger partial charge is 0.417 e. The fourth-order valence-electron chi connectivity index (χ4n) is 2.81. The highest BCUT2D eigenvalue weighted by atomic mass is 35.5. The van der Waals surface area contributed by atoms with E-state index in [0.717, 1.165) is 11.6 Å². The summed E-state index contributed by atoms with van der Waals surface area (Å²) < 4.78 is 50.0. The van der Waals surface area contributed by atoms with E-state index >= 15 is 0 Å².